The van der Waals surface area contributed by atoms with E-state index in [4.69, 9.17) is 0 Å². The maximum absolute atomic E-state index is 12.7. The molecule has 0 radical (unpaired) electrons. The highest BCUT2D eigenvalue weighted by Crippen LogP contribution is 2.20. The van der Waals surface area contributed by atoms with Crippen LogP contribution in [0.15, 0.2) is 83.3 Å². The molecule has 2 N–H and O–H groups in total. The second-order valence-electron chi connectivity index (χ2n) is 5.89. The molecule has 0 atom stereocenters. The molecule has 0 aliphatic rings. The Morgan fingerprint density at radius 3 is 2.41 bits per heavy atom. The number of carbonyl (C=O) groups excluding carboxylic acids is 1. The number of hydrogen-bond acceptors (Lipinski definition) is 6. The van der Waals surface area contributed by atoms with E-state index in [9.17, 15) is 13.2 Å². The standard InChI is InChI=1S/C19H15N5O3S2/c25-18(17-10-11-21-24(17)15-4-2-1-3-5-15)22-14-6-8-16(9-7-14)29(26,27)23-19-20-12-13-28-19/h1-13H,(H,20,23)(H,22,25). The Morgan fingerprint density at radius 1 is 0.966 bits per heavy atom. The van der Waals surface area contributed by atoms with Crippen LogP contribution < -0.4 is 10.0 Å². The van der Waals surface area contributed by atoms with E-state index >= 15 is 0 Å². The van der Waals surface area contributed by atoms with Crippen LogP contribution in [-0.2, 0) is 10.0 Å². The number of amides is 1. The topological polar surface area (TPSA) is 106 Å². The first-order valence-corrected chi connectivity index (χ1v) is 10.8. The fourth-order valence-corrected chi connectivity index (χ4v) is 4.40. The zero-order valence-electron chi connectivity index (χ0n) is 14.9. The highest BCUT2D eigenvalue weighted by atomic mass is 32.2. The van der Waals surface area contributed by atoms with Crippen LogP contribution in [0.4, 0.5) is 10.8 Å². The van der Waals surface area contributed by atoms with Crippen molar-refractivity contribution in [3.05, 3.63) is 84.1 Å². The number of carbonyl (C=O) groups is 1. The Bertz CT molecular complexity index is 1220. The Kier molecular flexibility index (Phi) is 5.10. The molecule has 4 rings (SSSR count). The number of hydrogen-bond donors (Lipinski definition) is 2. The van der Waals surface area contributed by atoms with Crippen molar-refractivity contribution in [2.75, 3.05) is 10.0 Å². The number of para-hydroxylation sites is 1. The van der Waals surface area contributed by atoms with Crippen molar-refractivity contribution in [1.82, 2.24) is 14.8 Å². The molecule has 0 fully saturated rings. The molecule has 0 unspecified atom stereocenters. The van der Waals surface area contributed by atoms with Gasteiger partial charge in [0.05, 0.1) is 16.8 Å². The van der Waals surface area contributed by atoms with Crippen LogP contribution in [-0.4, -0.2) is 29.1 Å². The fraction of sp³-hybridized carbons (Fsp3) is 0. The molecule has 0 spiro atoms. The van der Waals surface area contributed by atoms with Gasteiger partial charge in [-0.1, -0.05) is 18.2 Å². The van der Waals surface area contributed by atoms with E-state index in [0.29, 0.717) is 11.4 Å². The van der Waals surface area contributed by atoms with Crippen LogP contribution in [0, 0.1) is 0 Å². The molecule has 4 aromatic rings. The average molecular weight is 425 g/mol. The highest BCUT2D eigenvalue weighted by Gasteiger charge is 2.17. The molecule has 1 amide bonds. The molecule has 0 aliphatic carbocycles. The van der Waals surface area contributed by atoms with E-state index in [1.165, 1.54) is 46.5 Å². The first kappa shape index (κ1) is 18.8. The van der Waals surface area contributed by atoms with Crippen molar-refractivity contribution in [3.63, 3.8) is 0 Å². The molecular formula is C19H15N5O3S2. The first-order chi connectivity index (χ1) is 14.0. The molecule has 10 heteroatoms. The summed E-state index contributed by atoms with van der Waals surface area (Å²) in [6, 6.07) is 16.8. The smallest absolute Gasteiger partial charge is 0.274 e. The van der Waals surface area contributed by atoms with E-state index in [-0.39, 0.29) is 15.9 Å². The van der Waals surface area contributed by atoms with Gasteiger partial charge in [-0.25, -0.2) is 18.1 Å². The molecule has 0 saturated carbocycles. The second-order valence-corrected chi connectivity index (χ2v) is 8.46. The monoisotopic (exact) mass is 425 g/mol. The average Bonchev–Trinajstić information content (AvgIpc) is 3.41. The van der Waals surface area contributed by atoms with Gasteiger partial charge in [-0.15, -0.1) is 11.3 Å². The lowest BCUT2D eigenvalue weighted by Crippen LogP contribution is -2.17. The molecule has 8 nitrogen and oxygen atoms in total. The number of sulfonamides is 1. The number of benzene rings is 2. The Morgan fingerprint density at radius 2 is 1.72 bits per heavy atom. The highest BCUT2D eigenvalue weighted by molar-refractivity contribution is 7.93. The predicted molar refractivity (Wildman–Crippen MR) is 111 cm³/mol. The number of aromatic nitrogens is 3. The molecule has 2 heterocycles. The Balaban J connectivity index is 1.50. The zero-order valence-corrected chi connectivity index (χ0v) is 16.5. The third-order valence-corrected chi connectivity index (χ3v) is 6.13. The SMILES string of the molecule is O=C(Nc1ccc(S(=O)(=O)Nc2nccs2)cc1)c1ccnn1-c1ccccc1. The zero-order chi connectivity index (χ0) is 20.3. The van der Waals surface area contributed by atoms with Gasteiger partial charge < -0.3 is 5.32 Å². The van der Waals surface area contributed by atoms with Crippen molar-refractivity contribution in [3.8, 4) is 5.69 Å². The minimum Gasteiger partial charge on any atom is -0.321 e. The predicted octanol–water partition coefficient (Wildman–Crippen LogP) is 3.38. The van der Waals surface area contributed by atoms with E-state index in [0.717, 1.165) is 5.69 Å². The van der Waals surface area contributed by atoms with Gasteiger partial charge in [-0.05, 0) is 42.5 Å². The van der Waals surface area contributed by atoms with Crippen molar-refractivity contribution in [1.29, 1.82) is 0 Å². The Labute approximate surface area is 170 Å². The summed E-state index contributed by atoms with van der Waals surface area (Å²) in [7, 11) is -3.74. The van der Waals surface area contributed by atoms with Gasteiger partial charge in [0.25, 0.3) is 15.9 Å². The van der Waals surface area contributed by atoms with Crippen LogP contribution >= 0.6 is 11.3 Å². The van der Waals surface area contributed by atoms with Gasteiger partial charge in [-0.2, -0.15) is 5.10 Å². The van der Waals surface area contributed by atoms with Crippen molar-refractivity contribution < 1.29 is 13.2 Å². The van der Waals surface area contributed by atoms with E-state index < -0.39 is 10.0 Å². The maximum Gasteiger partial charge on any atom is 0.274 e. The van der Waals surface area contributed by atoms with Crippen LogP contribution in [0.5, 0.6) is 0 Å². The van der Waals surface area contributed by atoms with Crippen LogP contribution in [0.3, 0.4) is 0 Å². The maximum atomic E-state index is 12.7. The quantitative estimate of drug-likeness (QED) is 0.493. The molecule has 146 valence electrons. The second kappa shape index (κ2) is 7.86. The summed E-state index contributed by atoms with van der Waals surface area (Å²) in [5.74, 6) is -0.358. The minimum atomic E-state index is -3.74. The lowest BCUT2D eigenvalue weighted by molar-refractivity contribution is 0.101. The van der Waals surface area contributed by atoms with E-state index in [2.05, 4.69) is 20.1 Å². The van der Waals surface area contributed by atoms with Crippen LogP contribution in [0.2, 0.25) is 0 Å². The van der Waals surface area contributed by atoms with Gasteiger partial charge in [0.1, 0.15) is 5.69 Å². The lowest BCUT2D eigenvalue weighted by Gasteiger charge is -2.09. The summed E-state index contributed by atoms with van der Waals surface area (Å²) in [6.07, 6.45) is 3.06. The van der Waals surface area contributed by atoms with Gasteiger partial charge in [0.2, 0.25) is 0 Å². The number of thiazole rings is 1. The summed E-state index contributed by atoms with van der Waals surface area (Å²) in [5, 5.41) is 8.91. The van der Waals surface area contributed by atoms with Crippen molar-refractivity contribution in [2.24, 2.45) is 0 Å². The van der Waals surface area contributed by atoms with Crippen LogP contribution in [0.25, 0.3) is 5.69 Å². The molecule has 0 saturated heterocycles. The fourth-order valence-electron chi connectivity index (χ4n) is 2.61. The molecular weight excluding hydrogens is 410 g/mol. The number of rotatable bonds is 6. The molecule has 2 aromatic carbocycles. The third-order valence-electron chi connectivity index (χ3n) is 3.95. The minimum absolute atomic E-state index is 0.0695. The Hall–Kier alpha value is -3.50. The summed E-state index contributed by atoms with van der Waals surface area (Å²) in [6.45, 7) is 0. The van der Waals surface area contributed by atoms with Gasteiger partial charge in [0, 0.05) is 17.3 Å². The van der Waals surface area contributed by atoms with E-state index in [1.807, 2.05) is 30.3 Å². The van der Waals surface area contributed by atoms with E-state index in [1.54, 1.807) is 17.6 Å². The van der Waals surface area contributed by atoms with Gasteiger partial charge >= 0.3 is 0 Å². The van der Waals surface area contributed by atoms with Gasteiger partial charge in [-0.3, -0.25) is 9.52 Å². The number of nitrogens with zero attached hydrogens (tertiary/aromatic N) is 3. The molecule has 29 heavy (non-hydrogen) atoms. The molecule has 2 aromatic heterocycles. The summed E-state index contributed by atoms with van der Waals surface area (Å²) >= 11 is 1.19. The van der Waals surface area contributed by atoms with Gasteiger partial charge in [0.15, 0.2) is 5.13 Å². The largest absolute Gasteiger partial charge is 0.321 e. The number of nitrogens with one attached hydrogen (secondary N) is 2. The third kappa shape index (κ3) is 4.18. The number of anilines is 2. The normalized spacial score (nSPS) is 11.2. The van der Waals surface area contributed by atoms with Crippen molar-refractivity contribution in [2.45, 2.75) is 4.90 Å². The molecule has 0 aliphatic heterocycles. The molecule has 0 bridgehead atoms. The lowest BCUT2D eigenvalue weighted by atomic mass is 10.3. The summed E-state index contributed by atoms with van der Waals surface area (Å²) in [4.78, 5) is 16.6. The van der Waals surface area contributed by atoms with Crippen LogP contribution in [0.1, 0.15) is 10.5 Å². The summed E-state index contributed by atoms with van der Waals surface area (Å²) < 4.78 is 28.7. The summed E-state index contributed by atoms with van der Waals surface area (Å²) in [5.41, 5.74) is 1.58. The first-order valence-electron chi connectivity index (χ1n) is 8.46. The van der Waals surface area contributed by atoms with Crippen molar-refractivity contribution >= 4 is 38.1 Å².